The fourth-order valence-electron chi connectivity index (χ4n) is 2.09. The van der Waals surface area contributed by atoms with Crippen LogP contribution in [0.3, 0.4) is 0 Å². The lowest BCUT2D eigenvalue weighted by Crippen LogP contribution is -2.43. The van der Waals surface area contributed by atoms with Crippen LogP contribution in [0.4, 0.5) is 13.2 Å². The van der Waals surface area contributed by atoms with Gasteiger partial charge in [0.05, 0.1) is 0 Å². The van der Waals surface area contributed by atoms with E-state index in [9.17, 15) is 27.6 Å². The molecule has 0 amide bonds. The number of halogens is 4. The molecule has 1 aromatic rings. The molecule has 0 aliphatic carbocycles. The molecular weight excluding hydrogens is 379 g/mol. The van der Waals surface area contributed by atoms with Crippen molar-refractivity contribution in [2.24, 2.45) is 0 Å². The predicted octanol–water partition coefficient (Wildman–Crippen LogP) is 2.82. The highest BCUT2D eigenvalue weighted by molar-refractivity contribution is 6.30. The molecule has 1 saturated heterocycles. The second-order valence-corrected chi connectivity index (χ2v) is 6.19. The third kappa shape index (κ3) is 4.54. The highest BCUT2D eigenvalue weighted by Crippen LogP contribution is 2.28. The Balaban J connectivity index is 2.33. The van der Waals surface area contributed by atoms with Crippen molar-refractivity contribution in [1.82, 2.24) is 5.32 Å². The molecule has 0 radical (unpaired) electrons. The van der Waals surface area contributed by atoms with Crippen LogP contribution in [0.25, 0.3) is 0 Å². The lowest BCUT2D eigenvalue weighted by molar-refractivity contribution is -0.222. The molecular formula is C16H13ClF3NO5. The molecule has 6 nitrogen and oxygen atoms in total. The molecule has 0 bridgehead atoms. The normalized spacial score (nSPS) is 17.8. The van der Waals surface area contributed by atoms with E-state index in [2.05, 4.69) is 5.32 Å². The van der Waals surface area contributed by atoms with Gasteiger partial charge in [0.2, 0.25) is 0 Å². The lowest BCUT2D eigenvalue weighted by atomic mass is 10.0. The van der Waals surface area contributed by atoms with Gasteiger partial charge < -0.3 is 14.8 Å². The minimum atomic E-state index is -5.15. The van der Waals surface area contributed by atoms with E-state index in [4.69, 9.17) is 21.1 Å². The Morgan fingerprint density at radius 3 is 2.12 bits per heavy atom. The SMILES string of the molecule is CC1(C)OC(=O)C(=CNC(C(=O)C(F)(F)F)c2ccc(Cl)cc2)C(=O)O1. The van der Waals surface area contributed by atoms with Crippen molar-refractivity contribution in [1.29, 1.82) is 0 Å². The minimum absolute atomic E-state index is 0.0635. The molecule has 26 heavy (non-hydrogen) atoms. The molecule has 140 valence electrons. The van der Waals surface area contributed by atoms with Crippen molar-refractivity contribution < 1.29 is 37.0 Å². The Morgan fingerprint density at radius 2 is 1.65 bits per heavy atom. The van der Waals surface area contributed by atoms with Crippen LogP contribution in [0.2, 0.25) is 5.02 Å². The van der Waals surface area contributed by atoms with Crippen LogP contribution in [-0.2, 0) is 23.9 Å². The number of carbonyl (C=O) groups is 3. The number of esters is 2. The highest BCUT2D eigenvalue weighted by atomic mass is 35.5. The summed E-state index contributed by atoms with van der Waals surface area (Å²) in [7, 11) is 0. The fourth-order valence-corrected chi connectivity index (χ4v) is 2.21. The number of ketones is 1. The Hall–Kier alpha value is -2.55. The van der Waals surface area contributed by atoms with Gasteiger partial charge in [0.25, 0.3) is 11.6 Å². The van der Waals surface area contributed by atoms with Gasteiger partial charge in [0, 0.05) is 25.1 Å². The van der Waals surface area contributed by atoms with Crippen LogP contribution in [0, 0.1) is 0 Å². The second-order valence-electron chi connectivity index (χ2n) is 5.75. The first-order chi connectivity index (χ1) is 11.9. The van der Waals surface area contributed by atoms with E-state index in [1.165, 1.54) is 38.1 Å². The summed E-state index contributed by atoms with van der Waals surface area (Å²) in [5, 5.41) is 2.40. The van der Waals surface area contributed by atoms with Crippen molar-refractivity contribution in [3.8, 4) is 0 Å². The molecule has 1 N–H and O–H groups in total. The van der Waals surface area contributed by atoms with Crippen molar-refractivity contribution in [2.75, 3.05) is 0 Å². The molecule has 1 fully saturated rings. The maximum Gasteiger partial charge on any atom is 0.452 e. The standard InChI is InChI=1S/C16H13ClF3NO5/c1-15(2)25-13(23)10(14(24)26-15)7-21-11(12(22)16(18,19)20)8-3-5-9(17)6-4-8/h3-7,11,21H,1-2H3. The van der Waals surface area contributed by atoms with Gasteiger partial charge in [-0.25, -0.2) is 9.59 Å². The van der Waals surface area contributed by atoms with E-state index in [-0.39, 0.29) is 10.6 Å². The topological polar surface area (TPSA) is 81.7 Å². The first-order valence-corrected chi connectivity index (χ1v) is 7.58. The molecule has 2 rings (SSSR count). The molecule has 0 saturated carbocycles. The Morgan fingerprint density at radius 1 is 1.15 bits per heavy atom. The van der Waals surface area contributed by atoms with E-state index in [1.807, 2.05) is 0 Å². The Kier molecular flexibility index (Phi) is 5.31. The highest BCUT2D eigenvalue weighted by Gasteiger charge is 2.44. The van der Waals surface area contributed by atoms with Gasteiger partial charge in [-0.2, -0.15) is 13.2 Å². The van der Waals surface area contributed by atoms with Crippen LogP contribution in [0.5, 0.6) is 0 Å². The molecule has 10 heteroatoms. The van der Waals surface area contributed by atoms with Gasteiger partial charge in [0.1, 0.15) is 6.04 Å². The number of alkyl halides is 3. The lowest BCUT2D eigenvalue weighted by Gasteiger charge is -2.30. The summed E-state index contributed by atoms with van der Waals surface area (Å²) in [6.07, 6.45) is -4.48. The average molecular weight is 392 g/mol. The Labute approximate surface area is 150 Å². The fraction of sp³-hybridized carbons (Fsp3) is 0.312. The zero-order chi connectivity index (χ0) is 19.7. The monoisotopic (exact) mass is 391 g/mol. The number of benzene rings is 1. The molecule has 0 spiro atoms. The number of ether oxygens (including phenoxy) is 2. The Bertz CT molecular complexity index is 749. The van der Waals surface area contributed by atoms with Crippen molar-refractivity contribution >= 4 is 29.3 Å². The molecule has 1 unspecified atom stereocenters. The van der Waals surface area contributed by atoms with Crippen LogP contribution in [0.1, 0.15) is 25.5 Å². The van der Waals surface area contributed by atoms with Gasteiger partial charge >= 0.3 is 18.1 Å². The van der Waals surface area contributed by atoms with Crippen molar-refractivity contribution in [3.05, 3.63) is 46.6 Å². The maximum atomic E-state index is 12.9. The summed E-state index contributed by atoms with van der Waals surface area (Å²) >= 11 is 5.69. The van der Waals surface area contributed by atoms with Gasteiger partial charge in [-0.05, 0) is 17.7 Å². The number of cyclic esters (lactones) is 2. The zero-order valence-corrected chi connectivity index (χ0v) is 14.3. The van der Waals surface area contributed by atoms with E-state index in [0.717, 1.165) is 0 Å². The largest absolute Gasteiger partial charge is 0.452 e. The summed E-state index contributed by atoms with van der Waals surface area (Å²) in [4.78, 5) is 35.4. The number of carbonyl (C=O) groups excluding carboxylic acids is 3. The second kappa shape index (κ2) is 6.99. The summed E-state index contributed by atoms with van der Waals surface area (Å²) < 4.78 is 48.2. The zero-order valence-electron chi connectivity index (χ0n) is 13.5. The molecule has 1 aromatic carbocycles. The quantitative estimate of drug-likeness (QED) is 0.483. The van der Waals surface area contributed by atoms with Crippen molar-refractivity contribution in [2.45, 2.75) is 31.9 Å². The summed E-state index contributed by atoms with van der Waals surface area (Å²) in [6.45, 7) is 2.63. The number of hydrogen-bond donors (Lipinski definition) is 1. The number of rotatable bonds is 4. The summed E-state index contributed by atoms with van der Waals surface area (Å²) in [5.74, 6) is -5.79. The van der Waals surface area contributed by atoms with E-state index in [0.29, 0.717) is 6.20 Å². The minimum Gasteiger partial charge on any atom is -0.419 e. The van der Waals surface area contributed by atoms with E-state index >= 15 is 0 Å². The molecule has 1 aliphatic rings. The van der Waals surface area contributed by atoms with Gasteiger partial charge in [-0.1, -0.05) is 23.7 Å². The van der Waals surface area contributed by atoms with E-state index in [1.54, 1.807) is 0 Å². The van der Waals surface area contributed by atoms with E-state index < -0.39 is 41.3 Å². The van der Waals surface area contributed by atoms with Crippen LogP contribution < -0.4 is 5.32 Å². The molecule has 1 aliphatic heterocycles. The number of nitrogens with one attached hydrogen (secondary N) is 1. The van der Waals surface area contributed by atoms with Crippen LogP contribution >= 0.6 is 11.6 Å². The third-order valence-corrected chi connectivity index (χ3v) is 3.51. The predicted molar refractivity (Wildman–Crippen MR) is 82.7 cm³/mol. The summed E-state index contributed by atoms with van der Waals surface area (Å²) in [6, 6.07) is 3.13. The average Bonchev–Trinajstić information content (AvgIpc) is 2.49. The smallest absolute Gasteiger partial charge is 0.419 e. The van der Waals surface area contributed by atoms with Gasteiger partial charge in [-0.15, -0.1) is 0 Å². The van der Waals surface area contributed by atoms with Crippen LogP contribution in [0.15, 0.2) is 36.0 Å². The van der Waals surface area contributed by atoms with Gasteiger partial charge in [0.15, 0.2) is 5.57 Å². The third-order valence-electron chi connectivity index (χ3n) is 3.26. The molecule has 1 atom stereocenters. The number of Topliss-reactive ketones (excluding diaryl/α,β-unsaturated/α-hetero) is 1. The van der Waals surface area contributed by atoms with Gasteiger partial charge in [-0.3, -0.25) is 4.79 Å². The first kappa shape index (κ1) is 19.8. The first-order valence-electron chi connectivity index (χ1n) is 7.20. The summed E-state index contributed by atoms with van der Waals surface area (Å²) in [5.41, 5.74) is -0.732. The molecule has 0 aromatic heterocycles. The maximum absolute atomic E-state index is 12.9. The number of hydrogen-bond acceptors (Lipinski definition) is 6. The van der Waals surface area contributed by atoms with Crippen LogP contribution in [-0.4, -0.2) is 29.7 Å². The van der Waals surface area contributed by atoms with Crippen molar-refractivity contribution in [3.63, 3.8) is 0 Å². The molecule has 1 heterocycles.